The van der Waals surface area contributed by atoms with Gasteiger partial charge in [0.05, 0.1) is 23.3 Å². The van der Waals surface area contributed by atoms with Crippen LogP contribution in [0, 0.1) is 20.8 Å². The van der Waals surface area contributed by atoms with Crippen molar-refractivity contribution in [3.8, 4) is 11.3 Å². The number of nitrogens with one attached hydrogen (secondary N) is 1. The molecule has 4 aromatic rings. The molecule has 0 saturated heterocycles. The number of benzene rings is 2. The van der Waals surface area contributed by atoms with Gasteiger partial charge in [0.1, 0.15) is 16.5 Å². The van der Waals surface area contributed by atoms with Crippen molar-refractivity contribution in [2.45, 2.75) is 33.7 Å². The van der Waals surface area contributed by atoms with Crippen molar-refractivity contribution in [3.63, 3.8) is 0 Å². The molecule has 0 fully saturated rings. The Hall–Kier alpha value is -3.11. The molecule has 0 spiro atoms. The van der Waals surface area contributed by atoms with Crippen molar-refractivity contribution in [2.75, 3.05) is 5.32 Å². The number of hydrogen-bond donors (Lipinski definition) is 1. The molecule has 1 atom stereocenters. The first kappa shape index (κ1) is 20.2. The van der Waals surface area contributed by atoms with Gasteiger partial charge in [-0.05, 0) is 57.5 Å². The number of aryl methyl sites for hydroxylation is 2. The van der Waals surface area contributed by atoms with Crippen molar-refractivity contribution >= 4 is 28.3 Å². The summed E-state index contributed by atoms with van der Waals surface area (Å²) in [6, 6.07) is 15.5. The van der Waals surface area contributed by atoms with Gasteiger partial charge < -0.3 is 9.73 Å². The second-order valence-corrected chi connectivity index (χ2v) is 8.11. The molecule has 0 bridgehead atoms. The summed E-state index contributed by atoms with van der Waals surface area (Å²) in [4.78, 5) is 17.3. The second kappa shape index (κ2) is 7.96. The first-order chi connectivity index (χ1) is 14.3. The molecule has 0 aliphatic heterocycles. The van der Waals surface area contributed by atoms with Crippen molar-refractivity contribution in [1.29, 1.82) is 0 Å². The maximum Gasteiger partial charge on any atom is 0.196 e. The van der Waals surface area contributed by atoms with Crippen LogP contribution in [-0.2, 0) is 0 Å². The highest BCUT2D eigenvalue weighted by Crippen LogP contribution is 2.32. The van der Waals surface area contributed by atoms with Crippen LogP contribution in [0.3, 0.4) is 0 Å². The second-order valence-electron chi connectivity index (χ2n) is 7.72. The van der Waals surface area contributed by atoms with E-state index >= 15 is 0 Å². The minimum absolute atomic E-state index is 0.00179. The maximum absolute atomic E-state index is 13.2. The minimum atomic E-state index is -0.105. The zero-order valence-electron chi connectivity index (χ0n) is 17.4. The molecule has 0 amide bonds. The van der Waals surface area contributed by atoms with Crippen LogP contribution in [-0.4, -0.2) is 4.98 Å². The summed E-state index contributed by atoms with van der Waals surface area (Å²) < 4.78 is 6.40. The number of aromatic nitrogens is 1. The van der Waals surface area contributed by atoms with E-state index in [1.54, 1.807) is 12.3 Å². The molecule has 5 heteroatoms. The summed E-state index contributed by atoms with van der Waals surface area (Å²) in [5.41, 5.74) is 6.01. The zero-order chi connectivity index (χ0) is 21.4. The van der Waals surface area contributed by atoms with Gasteiger partial charge in [0.2, 0.25) is 0 Å². The topological polar surface area (TPSA) is 55.1 Å². The van der Waals surface area contributed by atoms with Crippen LogP contribution in [0.15, 0.2) is 63.9 Å². The molecule has 1 N–H and O–H groups in total. The van der Waals surface area contributed by atoms with Gasteiger partial charge in [0.25, 0.3) is 0 Å². The fraction of sp³-hybridized carbons (Fsp3) is 0.200. The first-order valence-electron chi connectivity index (χ1n) is 9.86. The molecular weight excluding hydrogens is 396 g/mol. The van der Waals surface area contributed by atoms with E-state index in [4.69, 9.17) is 16.0 Å². The van der Waals surface area contributed by atoms with Crippen molar-refractivity contribution in [2.24, 2.45) is 0 Å². The molecule has 152 valence electrons. The minimum Gasteiger partial charge on any atom is -0.455 e. The van der Waals surface area contributed by atoms with Gasteiger partial charge in [-0.2, -0.15) is 0 Å². The molecule has 0 saturated carbocycles. The van der Waals surface area contributed by atoms with E-state index in [0.717, 1.165) is 27.9 Å². The number of nitrogens with zero attached hydrogens (tertiary/aromatic N) is 1. The largest absolute Gasteiger partial charge is 0.455 e. The van der Waals surface area contributed by atoms with Gasteiger partial charge in [0, 0.05) is 16.7 Å². The van der Waals surface area contributed by atoms with Gasteiger partial charge in [-0.3, -0.25) is 4.79 Å². The Balaban J connectivity index is 1.89. The van der Waals surface area contributed by atoms with Crippen molar-refractivity contribution < 1.29 is 4.42 Å². The molecule has 0 radical (unpaired) electrons. The SMILES string of the molecule is Cc1cccc(-c2oc3c([C@@H](C)Nc4ccc(Cl)nc4)cc(C)cc3c(=O)c2C)c1. The third kappa shape index (κ3) is 3.83. The molecule has 0 aliphatic carbocycles. The Morgan fingerprint density at radius 1 is 1.03 bits per heavy atom. The third-order valence-corrected chi connectivity index (χ3v) is 5.47. The predicted octanol–water partition coefficient (Wildman–Crippen LogP) is 6.61. The van der Waals surface area contributed by atoms with E-state index in [2.05, 4.69) is 16.4 Å². The van der Waals surface area contributed by atoms with Crippen molar-refractivity contribution in [1.82, 2.24) is 4.98 Å². The van der Waals surface area contributed by atoms with Gasteiger partial charge in [-0.15, -0.1) is 0 Å². The summed E-state index contributed by atoms with van der Waals surface area (Å²) >= 11 is 5.89. The molecule has 0 unspecified atom stereocenters. The molecule has 4 nitrogen and oxygen atoms in total. The summed E-state index contributed by atoms with van der Waals surface area (Å²) in [5.74, 6) is 0.613. The molecule has 30 heavy (non-hydrogen) atoms. The lowest BCUT2D eigenvalue weighted by atomic mass is 9.98. The van der Waals surface area contributed by atoms with Gasteiger partial charge >= 0.3 is 0 Å². The normalized spacial score (nSPS) is 12.2. The molecular formula is C25H23ClN2O2. The van der Waals surface area contributed by atoms with Crippen molar-refractivity contribution in [3.05, 3.63) is 92.4 Å². The average Bonchev–Trinajstić information content (AvgIpc) is 2.72. The molecule has 0 aliphatic rings. The highest BCUT2D eigenvalue weighted by molar-refractivity contribution is 6.29. The summed E-state index contributed by atoms with van der Waals surface area (Å²) in [6.07, 6.45) is 1.69. The average molecular weight is 419 g/mol. The Bertz CT molecular complexity index is 1290. The Kier molecular flexibility index (Phi) is 5.35. The van der Waals surface area contributed by atoms with E-state index in [9.17, 15) is 4.79 Å². The molecule has 2 aromatic carbocycles. The van der Waals surface area contributed by atoms with Gasteiger partial charge in [0.15, 0.2) is 5.43 Å². The van der Waals surface area contributed by atoms with Crippen LogP contribution in [0.4, 0.5) is 5.69 Å². The number of hydrogen-bond acceptors (Lipinski definition) is 4. The van der Waals surface area contributed by atoms with E-state index in [-0.39, 0.29) is 11.5 Å². The lowest BCUT2D eigenvalue weighted by Crippen LogP contribution is -2.12. The molecule has 2 aromatic heterocycles. The van der Waals surface area contributed by atoms with Gasteiger partial charge in [-0.25, -0.2) is 4.98 Å². The van der Waals surface area contributed by atoms with E-state index in [0.29, 0.717) is 27.4 Å². The fourth-order valence-corrected chi connectivity index (χ4v) is 3.85. The molecule has 4 rings (SSSR count). The maximum atomic E-state index is 13.2. The standard InChI is InChI=1S/C25H23ClN2O2/c1-14-6-5-7-18(10-14)24-16(3)23(29)21-12-15(2)11-20(25(21)30-24)17(4)28-19-8-9-22(26)27-13-19/h5-13,17,28H,1-4H3/t17-/m1/s1. The van der Waals surface area contributed by atoms with Crippen LogP contribution in [0.25, 0.3) is 22.3 Å². The van der Waals surface area contributed by atoms with Gasteiger partial charge in [-0.1, -0.05) is 41.4 Å². The predicted molar refractivity (Wildman–Crippen MR) is 123 cm³/mol. The van der Waals surface area contributed by atoms with Crippen LogP contribution >= 0.6 is 11.6 Å². The number of halogens is 1. The summed E-state index contributed by atoms with van der Waals surface area (Å²) in [5, 5.41) is 4.47. The Labute approximate surface area is 180 Å². The van der Waals surface area contributed by atoms with Crippen LogP contribution < -0.4 is 10.7 Å². The first-order valence-corrected chi connectivity index (χ1v) is 10.2. The number of fused-ring (bicyclic) bond motifs is 1. The lowest BCUT2D eigenvalue weighted by molar-refractivity contribution is 0.605. The van der Waals surface area contributed by atoms with E-state index in [1.807, 2.05) is 64.1 Å². The monoisotopic (exact) mass is 418 g/mol. The summed E-state index contributed by atoms with van der Waals surface area (Å²) in [6.45, 7) is 7.88. The third-order valence-electron chi connectivity index (χ3n) is 5.25. The lowest BCUT2D eigenvalue weighted by Gasteiger charge is -2.18. The molecule has 2 heterocycles. The van der Waals surface area contributed by atoms with E-state index < -0.39 is 0 Å². The van der Waals surface area contributed by atoms with Crippen LogP contribution in [0.5, 0.6) is 0 Å². The van der Waals surface area contributed by atoms with Crippen LogP contribution in [0.2, 0.25) is 5.15 Å². The number of rotatable bonds is 4. The number of anilines is 1. The smallest absolute Gasteiger partial charge is 0.196 e. The fourth-order valence-electron chi connectivity index (χ4n) is 3.74. The summed E-state index contributed by atoms with van der Waals surface area (Å²) in [7, 11) is 0. The highest BCUT2D eigenvalue weighted by Gasteiger charge is 2.19. The highest BCUT2D eigenvalue weighted by atomic mass is 35.5. The number of pyridine rings is 1. The van der Waals surface area contributed by atoms with Crippen LogP contribution in [0.1, 0.15) is 35.2 Å². The Morgan fingerprint density at radius 3 is 2.53 bits per heavy atom. The zero-order valence-corrected chi connectivity index (χ0v) is 18.2. The Morgan fingerprint density at radius 2 is 1.83 bits per heavy atom. The van der Waals surface area contributed by atoms with E-state index in [1.165, 1.54) is 0 Å². The quantitative estimate of drug-likeness (QED) is 0.379.